The molecule has 0 saturated carbocycles. The van der Waals surface area contributed by atoms with Crippen LogP contribution >= 0.6 is 11.6 Å². The lowest BCUT2D eigenvalue weighted by molar-refractivity contribution is -0.132. The molecule has 0 radical (unpaired) electrons. The normalized spacial score (nSPS) is 14.0. The third kappa shape index (κ3) is 4.29. The summed E-state index contributed by atoms with van der Waals surface area (Å²) in [5, 5.41) is 5.56. The summed E-state index contributed by atoms with van der Waals surface area (Å²) in [6, 6.07) is 14.1. The first-order chi connectivity index (χ1) is 12.1. The summed E-state index contributed by atoms with van der Waals surface area (Å²) in [6.45, 7) is 2.74. The zero-order valence-corrected chi connectivity index (χ0v) is 14.3. The van der Waals surface area contributed by atoms with Crippen LogP contribution in [0, 0.1) is 0 Å². The van der Waals surface area contributed by atoms with Gasteiger partial charge in [-0.2, -0.15) is 0 Å². The van der Waals surface area contributed by atoms with Crippen LogP contribution < -0.4 is 15.5 Å². The Balaban J connectivity index is 1.70. The Kier molecular flexibility index (Phi) is 5.53. The molecule has 0 aromatic heterocycles. The van der Waals surface area contributed by atoms with Crippen molar-refractivity contribution in [3.8, 4) is 0 Å². The highest BCUT2D eigenvalue weighted by Crippen LogP contribution is 2.26. The largest absolute Gasteiger partial charge is 0.378 e. The third-order valence-electron chi connectivity index (χ3n) is 3.83. The minimum atomic E-state index is -0.773. The van der Waals surface area contributed by atoms with Crippen molar-refractivity contribution in [2.45, 2.75) is 0 Å². The lowest BCUT2D eigenvalue weighted by Crippen LogP contribution is -2.37. The van der Waals surface area contributed by atoms with Gasteiger partial charge in [0.05, 0.1) is 35.3 Å². The second-order valence-electron chi connectivity index (χ2n) is 5.50. The van der Waals surface area contributed by atoms with Gasteiger partial charge in [0.25, 0.3) is 0 Å². The number of benzene rings is 2. The molecular weight excluding hydrogens is 342 g/mol. The number of carbonyl (C=O) groups excluding carboxylic acids is 2. The molecule has 25 heavy (non-hydrogen) atoms. The van der Waals surface area contributed by atoms with Gasteiger partial charge in [-0.3, -0.25) is 9.59 Å². The molecule has 1 aliphatic heterocycles. The van der Waals surface area contributed by atoms with Crippen molar-refractivity contribution < 1.29 is 14.3 Å². The van der Waals surface area contributed by atoms with Crippen molar-refractivity contribution in [3.63, 3.8) is 0 Å². The van der Waals surface area contributed by atoms with E-state index in [0.717, 1.165) is 18.8 Å². The molecule has 3 rings (SSSR count). The molecule has 1 fully saturated rings. The van der Waals surface area contributed by atoms with Gasteiger partial charge in [0.15, 0.2) is 0 Å². The average Bonchev–Trinajstić information content (AvgIpc) is 2.64. The lowest BCUT2D eigenvalue weighted by atomic mass is 10.2. The van der Waals surface area contributed by atoms with Crippen molar-refractivity contribution in [2.24, 2.45) is 0 Å². The van der Waals surface area contributed by atoms with E-state index in [-0.39, 0.29) is 0 Å². The maximum absolute atomic E-state index is 12.3. The first-order valence-electron chi connectivity index (χ1n) is 7.94. The summed E-state index contributed by atoms with van der Waals surface area (Å²) in [4.78, 5) is 26.5. The number of hydrogen-bond donors (Lipinski definition) is 2. The number of nitrogens with one attached hydrogen (secondary N) is 2. The Morgan fingerprint density at radius 1 is 0.880 bits per heavy atom. The van der Waals surface area contributed by atoms with Crippen LogP contribution in [0.4, 0.5) is 17.1 Å². The van der Waals surface area contributed by atoms with Crippen molar-refractivity contribution in [3.05, 3.63) is 53.6 Å². The fourth-order valence-corrected chi connectivity index (χ4v) is 2.76. The highest BCUT2D eigenvalue weighted by molar-refractivity contribution is 6.45. The maximum atomic E-state index is 12.3. The number of amides is 2. The number of hydrogen-bond acceptors (Lipinski definition) is 4. The van der Waals surface area contributed by atoms with Gasteiger partial charge in [0, 0.05) is 13.1 Å². The van der Waals surface area contributed by atoms with Crippen LogP contribution in [0.2, 0.25) is 5.02 Å². The number of halogens is 1. The van der Waals surface area contributed by atoms with Gasteiger partial charge in [-0.15, -0.1) is 0 Å². The van der Waals surface area contributed by atoms with Crippen LogP contribution in [-0.4, -0.2) is 38.1 Å². The fourth-order valence-electron chi connectivity index (χ4n) is 2.58. The molecule has 130 valence electrons. The molecule has 2 aromatic carbocycles. The molecule has 2 amide bonds. The van der Waals surface area contributed by atoms with E-state index in [9.17, 15) is 9.59 Å². The van der Waals surface area contributed by atoms with E-state index in [1.54, 1.807) is 30.3 Å². The van der Waals surface area contributed by atoms with E-state index in [1.807, 2.05) is 18.2 Å². The standard InChI is InChI=1S/C18H18ClN3O3/c19-13-5-1-2-6-14(13)20-17(23)18(24)21-15-7-3-4-8-16(15)22-9-11-25-12-10-22/h1-8H,9-12H2,(H,20,23)(H,21,24). The van der Waals surface area contributed by atoms with Gasteiger partial charge in [-0.05, 0) is 24.3 Å². The molecule has 0 aliphatic carbocycles. The first kappa shape index (κ1) is 17.3. The van der Waals surface area contributed by atoms with E-state index < -0.39 is 11.8 Å². The first-order valence-corrected chi connectivity index (χ1v) is 8.31. The molecule has 1 heterocycles. The monoisotopic (exact) mass is 359 g/mol. The van der Waals surface area contributed by atoms with Gasteiger partial charge in [0.2, 0.25) is 0 Å². The molecule has 1 aliphatic rings. The third-order valence-corrected chi connectivity index (χ3v) is 4.16. The summed E-state index contributed by atoms with van der Waals surface area (Å²) in [7, 11) is 0. The summed E-state index contributed by atoms with van der Waals surface area (Å²) in [5.74, 6) is -1.52. The van der Waals surface area contributed by atoms with E-state index in [4.69, 9.17) is 16.3 Å². The molecule has 0 bridgehead atoms. The van der Waals surface area contributed by atoms with Crippen molar-refractivity contribution in [2.75, 3.05) is 41.8 Å². The topological polar surface area (TPSA) is 70.7 Å². The predicted molar refractivity (Wildman–Crippen MR) is 98.2 cm³/mol. The van der Waals surface area contributed by atoms with Gasteiger partial charge in [-0.25, -0.2) is 0 Å². The number of morpholine rings is 1. The summed E-state index contributed by atoms with van der Waals surface area (Å²) in [5.41, 5.74) is 1.85. The molecule has 2 aromatic rings. The number of rotatable bonds is 3. The second-order valence-corrected chi connectivity index (χ2v) is 5.91. The Morgan fingerprint density at radius 3 is 2.12 bits per heavy atom. The number of para-hydroxylation sites is 3. The van der Waals surface area contributed by atoms with E-state index in [1.165, 1.54) is 0 Å². The molecular formula is C18H18ClN3O3. The molecule has 1 saturated heterocycles. The summed E-state index contributed by atoms with van der Waals surface area (Å²) in [6.07, 6.45) is 0. The Bertz CT molecular complexity index is 776. The Morgan fingerprint density at radius 2 is 1.44 bits per heavy atom. The minimum absolute atomic E-state index is 0.373. The van der Waals surface area contributed by atoms with E-state index in [2.05, 4.69) is 15.5 Å². The number of carbonyl (C=O) groups is 2. The van der Waals surface area contributed by atoms with Crippen LogP contribution in [0.5, 0.6) is 0 Å². The fraction of sp³-hybridized carbons (Fsp3) is 0.222. The van der Waals surface area contributed by atoms with Crippen molar-refractivity contribution in [1.82, 2.24) is 0 Å². The second kappa shape index (κ2) is 8.00. The molecule has 0 spiro atoms. The van der Waals surface area contributed by atoms with Crippen LogP contribution in [0.1, 0.15) is 0 Å². The minimum Gasteiger partial charge on any atom is -0.378 e. The van der Waals surface area contributed by atoms with E-state index >= 15 is 0 Å². The van der Waals surface area contributed by atoms with Crippen LogP contribution in [0.25, 0.3) is 0 Å². The molecule has 7 heteroatoms. The molecule has 0 unspecified atom stereocenters. The smallest absolute Gasteiger partial charge is 0.314 e. The summed E-state index contributed by atoms with van der Waals surface area (Å²) >= 11 is 6.00. The van der Waals surface area contributed by atoms with Crippen molar-refractivity contribution >= 4 is 40.5 Å². The van der Waals surface area contributed by atoms with Gasteiger partial charge >= 0.3 is 11.8 Å². The van der Waals surface area contributed by atoms with Gasteiger partial charge in [0.1, 0.15) is 0 Å². The van der Waals surface area contributed by atoms with Crippen molar-refractivity contribution in [1.29, 1.82) is 0 Å². The lowest BCUT2D eigenvalue weighted by Gasteiger charge is -2.30. The highest BCUT2D eigenvalue weighted by atomic mass is 35.5. The van der Waals surface area contributed by atoms with Gasteiger partial charge < -0.3 is 20.3 Å². The van der Waals surface area contributed by atoms with Crippen LogP contribution in [0.15, 0.2) is 48.5 Å². The Labute approximate surface area is 150 Å². The SMILES string of the molecule is O=C(Nc1ccccc1Cl)C(=O)Nc1ccccc1N1CCOCC1. The molecule has 0 atom stereocenters. The van der Waals surface area contributed by atoms with Gasteiger partial charge in [-0.1, -0.05) is 35.9 Å². The Hall–Kier alpha value is -2.57. The predicted octanol–water partition coefficient (Wildman–Crippen LogP) is 2.75. The zero-order chi connectivity index (χ0) is 17.6. The number of anilines is 3. The number of nitrogens with zero attached hydrogens (tertiary/aromatic N) is 1. The van der Waals surface area contributed by atoms with E-state index in [0.29, 0.717) is 29.6 Å². The zero-order valence-electron chi connectivity index (χ0n) is 13.5. The number of ether oxygens (including phenoxy) is 1. The maximum Gasteiger partial charge on any atom is 0.314 e. The highest BCUT2D eigenvalue weighted by Gasteiger charge is 2.19. The molecule has 2 N–H and O–H groups in total. The summed E-state index contributed by atoms with van der Waals surface area (Å²) < 4.78 is 5.35. The van der Waals surface area contributed by atoms with Crippen LogP contribution in [0.3, 0.4) is 0 Å². The van der Waals surface area contributed by atoms with Crippen LogP contribution in [-0.2, 0) is 14.3 Å². The average molecular weight is 360 g/mol. The quantitative estimate of drug-likeness (QED) is 0.827. The molecule has 6 nitrogen and oxygen atoms in total.